The molecule has 0 aromatic heterocycles. The summed E-state index contributed by atoms with van der Waals surface area (Å²) in [7, 11) is -4.03. The third-order valence-corrected chi connectivity index (χ3v) is 6.92. The van der Waals surface area contributed by atoms with Crippen molar-refractivity contribution in [2.45, 2.75) is 11.8 Å². The molecule has 0 atom stereocenters. The van der Waals surface area contributed by atoms with E-state index in [1.165, 1.54) is 24.3 Å². The van der Waals surface area contributed by atoms with E-state index in [2.05, 4.69) is 5.32 Å². The average molecular weight is 473 g/mol. The molecule has 0 bridgehead atoms. The first-order chi connectivity index (χ1) is 15.3. The normalized spacial score (nSPS) is 12.8. The molecule has 0 saturated carbocycles. The van der Waals surface area contributed by atoms with Gasteiger partial charge in [-0.3, -0.25) is 9.10 Å². The molecule has 0 unspecified atom stereocenters. The molecule has 32 heavy (non-hydrogen) atoms. The summed E-state index contributed by atoms with van der Waals surface area (Å²) in [6.07, 6.45) is 0. The van der Waals surface area contributed by atoms with Gasteiger partial charge in [-0.05, 0) is 55.0 Å². The van der Waals surface area contributed by atoms with Gasteiger partial charge in [0.05, 0.1) is 10.6 Å². The van der Waals surface area contributed by atoms with Gasteiger partial charge in [0.15, 0.2) is 11.5 Å². The molecular weight excluding hydrogens is 452 g/mol. The SMILES string of the molecule is Cc1ccccc1N(CC(=O)Nc1ccc2c(c1)OCCO2)S(=O)(=O)c1ccc(Cl)cc1. The number of hydrogen-bond acceptors (Lipinski definition) is 5. The molecule has 0 saturated heterocycles. The number of carbonyl (C=O) groups is 1. The number of nitrogens with zero attached hydrogens (tertiary/aromatic N) is 1. The second kappa shape index (κ2) is 9.10. The summed E-state index contributed by atoms with van der Waals surface area (Å²) in [5.41, 5.74) is 1.62. The van der Waals surface area contributed by atoms with E-state index in [4.69, 9.17) is 21.1 Å². The van der Waals surface area contributed by atoms with Gasteiger partial charge in [0, 0.05) is 16.8 Å². The van der Waals surface area contributed by atoms with E-state index < -0.39 is 22.5 Å². The molecule has 166 valence electrons. The third kappa shape index (κ3) is 4.66. The van der Waals surface area contributed by atoms with Gasteiger partial charge in [-0.1, -0.05) is 29.8 Å². The number of para-hydroxylation sites is 1. The Labute approximate surface area is 191 Å². The fourth-order valence-electron chi connectivity index (χ4n) is 3.33. The van der Waals surface area contributed by atoms with Crippen molar-refractivity contribution < 1.29 is 22.7 Å². The molecule has 3 aromatic rings. The number of amides is 1. The molecule has 0 aliphatic carbocycles. The van der Waals surface area contributed by atoms with Crippen molar-refractivity contribution >= 4 is 38.9 Å². The fraction of sp³-hybridized carbons (Fsp3) is 0.174. The molecular formula is C23H21ClN2O5S. The highest BCUT2D eigenvalue weighted by atomic mass is 35.5. The smallest absolute Gasteiger partial charge is 0.264 e. The minimum absolute atomic E-state index is 0.0392. The molecule has 1 amide bonds. The molecule has 7 nitrogen and oxygen atoms in total. The van der Waals surface area contributed by atoms with Crippen LogP contribution in [0.4, 0.5) is 11.4 Å². The van der Waals surface area contributed by atoms with Gasteiger partial charge in [0.25, 0.3) is 10.0 Å². The van der Waals surface area contributed by atoms with E-state index in [1.807, 2.05) is 0 Å². The number of sulfonamides is 1. The van der Waals surface area contributed by atoms with Crippen LogP contribution in [0, 0.1) is 6.92 Å². The zero-order valence-corrected chi connectivity index (χ0v) is 18.8. The van der Waals surface area contributed by atoms with Crippen molar-refractivity contribution in [1.82, 2.24) is 0 Å². The Kier molecular flexibility index (Phi) is 6.25. The maximum absolute atomic E-state index is 13.4. The van der Waals surface area contributed by atoms with Crippen LogP contribution in [0.25, 0.3) is 0 Å². The lowest BCUT2D eigenvalue weighted by Crippen LogP contribution is -2.38. The van der Waals surface area contributed by atoms with Gasteiger partial charge in [0.2, 0.25) is 5.91 Å². The van der Waals surface area contributed by atoms with Crippen LogP contribution < -0.4 is 19.1 Å². The lowest BCUT2D eigenvalue weighted by Gasteiger charge is -2.26. The lowest BCUT2D eigenvalue weighted by molar-refractivity contribution is -0.114. The van der Waals surface area contributed by atoms with Gasteiger partial charge < -0.3 is 14.8 Å². The number of fused-ring (bicyclic) bond motifs is 1. The maximum atomic E-state index is 13.4. The number of carbonyl (C=O) groups excluding carboxylic acids is 1. The number of nitrogens with one attached hydrogen (secondary N) is 1. The van der Waals surface area contributed by atoms with Crippen molar-refractivity contribution in [3.63, 3.8) is 0 Å². The van der Waals surface area contributed by atoms with Crippen LogP contribution in [-0.4, -0.2) is 34.1 Å². The van der Waals surface area contributed by atoms with Crippen LogP contribution in [0.3, 0.4) is 0 Å². The molecule has 1 N–H and O–H groups in total. The summed E-state index contributed by atoms with van der Waals surface area (Å²) in [5.74, 6) is 0.627. The molecule has 4 rings (SSSR count). The fourth-order valence-corrected chi connectivity index (χ4v) is 4.94. The quantitative estimate of drug-likeness (QED) is 0.579. The monoisotopic (exact) mass is 472 g/mol. The van der Waals surface area contributed by atoms with E-state index in [1.54, 1.807) is 49.4 Å². The van der Waals surface area contributed by atoms with E-state index in [0.29, 0.717) is 41.1 Å². The number of anilines is 2. The second-order valence-corrected chi connectivity index (χ2v) is 9.46. The number of halogens is 1. The number of benzene rings is 3. The number of aryl methyl sites for hydroxylation is 1. The van der Waals surface area contributed by atoms with Gasteiger partial charge >= 0.3 is 0 Å². The van der Waals surface area contributed by atoms with Crippen molar-refractivity contribution in [3.8, 4) is 11.5 Å². The largest absolute Gasteiger partial charge is 0.486 e. The predicted octanol–water partition coefficient (Wildman–Crippen LogP) is 4.25. The zero-order valence-electron chi connectivity index (χ0n) is 17.2. The van der Waals surface area contributed by atoms with Crippen molar-refractivity contribution in [2.24, 2.45) is 0 Å². The van der Waals surface area contributed by atoms with Gasteiger partial charge in [0.1, 0.15) is 19.8 Å². The summed E-state index contributed by atoms with van der Waals surface area (Å²) < 4.78 is 39.0. The van der Waals surface area contributed by atoms with E-state index in [-0.39, 0.29) is 4.90 Å². The maximum Gasteiger partial charge on any atom is 0.264 e. The highest BCUT2D eigenvalue weighted by Gasteiger charge is 2.28. The van der Waals surface area contributed by atoms with Gasteiger partial charge in [-0.25, -0.2) is 8.42 Å². The summed E-state index contributed by atoms with van der Waals surface area (Å²) in [5, 5.41) is 3.16. The minimum Gasteiger partial charge on any atom is -0.486 e. The topological polar surface area (TPSA) is 84.9 Å². The van der Waals surface area contributed by atoms with Crippen LogP contribution in [0.5, 0.6) is 11.5 Å². The molecule has 0 radical (unpaired) electrons. The molecule has 9 heteroatoms. The van der Waals surface area contributed by atoms with E-state index in [0.717, 1.165) is 9.87 Å². The molecule has 1 aliphatic heterocycles. The third-order valence-electron chi connectivity index (χ3n) is 4.90. The second-order valence-electron chi connectivity index (χ2n) is 7.16. The molecule has 1 heterocycles. The van der Waals surface area contributed by atoms with Crippen LogP contribution in [-0.2, 0) is 14.8 Å². The first kappa shape index (κ1) is 22.0. The highest BCUT2D eigenvalue weighted by Crippen LogP contribution is 2.33. The molecule has 0 spiro atoms. The number of ether oxygens (including phenoxy) is 2. The van der Waals surface area contributed by atoms with Gasteiger partial charge in [-0.15, -0.1) is 0 Å². The Bertz CT molecular complexity index is 1250. The first-order valence-corrected chi connectivity index (χ1v) is 11.7. The average Bonchev–Trinajstić information content (AvgIpc) is 2.78. The Balaban J connectivity index is 1.63. The number of rotatable bonds is 6. The predicted molar refractivity (Wildman–Crippen MR) is 123 cm³/mol. The summed E-state index contributed by atoms with van der Waals surface area (Å²) in [4.78, 5) is 12.9. The summed E-state index contributed by atoms with van der Waals surface area (Å²) in [6.45, 7) is 2.26. The van der Waals surface area contributed by atoms with Crippen molar-refractivity contribution in [2.75, 3.05) is 29.4 Å². The lowest BCUT2D eigenvalue weighted by atomic mass is 10.2. The Morgan fingerprint density at radius 3 is 2.41 bits per heavy atom. The van der Waals surface area contributed by atoms with Crippen LogP contribution in [0.1, 0.15) is 5.56 Å². The van der Waals surface area contributed by atoms with E-state index >= 15 is 0 Å². The van der Waals surface area contributed by atoms with Crippen molar-refractivity contribution in [1.29, 1.82) is 0 Å². The van der Waals surface area contributed by atoms with Crippen LogP contribution >= 0.6 is 11.6 Å². The number of hydrogen-bond donors (Lipinski definition) is 1. The standard InChI is InChI=1S/C23H21ClN2O5S/c1-16-4-2-3-5-20(16)26(32(28,29)19-9-6-17(24)7-10-19)15-23(27)25-18-8-11-21-22(14-18)31-13-12-30-21/h2-11,14H,12-13,15H2,1H3,(H,25,27). The van der Waals surface area contributed by atoms with Gasteiger partial charge in [-0.2, -0.15) is 0 Å². The summed E-state index contributed by atoms with van der Waals surface area (Å²) in [6, 6.07) is 17.9. The molecule has 0 fully saturated rings. The summed E-state index contributed by atoms with van der Waals surface area (Å²) >= 11 is 5.92. The van der Waals surface area contributed by atoms with Crippen molar-refractivity contribution in [3.05, 3.63) is 77.3 Å². The molecule has 3 aromatic carbocycles. The van der Waals surface area contributed by atoms with E-state index in [9.17, 15) is 13.2 Å². The first-order valence-electron chi connectivity index (χ1n) is 9.88. The highest BCUT2D eigenvalue weighted by molar-refractivity contribution is 7.92. The van der Waals surface area contributed by atoms with Crippen LogP contribution in [0.2, 0.25) is 5.02 Å². The Morgan fingerprint density at radius 1 is 1.00 bits per heavy atom. The van der Waals surface area contributed by atoms with Crippen LogP contribution in [0.15, 0.2) is 71.6 Å². The minimum atomic E-state index is -4.03. The Morgan fingerprint density at radius 2 is 1.69 bits per heavy atom. The Hall–Kier alpha value is -3.23. The molecule has 1 aliphatic rings. The zero-order chi connectivity index (χ0) is 22.7.